The number of benzene rings is 1. The molecule has 12 heavy (non-hydrogen) atoms. The second kappa shape index (κ2) is 3.76. The van der Waals surface area contributed by atoms with E-state index in [0.717, 1.165) is 5.56 Å². The molecule has 3 heteroatoms. The standard InChI is InChI=1S/C9H12N2O/c1-7-3-5-8(6-4-7)9(11-10)12-2/h3-6H,10H2,1-2H3. The van der Waals surface area contributed by atoms with Gasteiger partial charge < -0.3 is 10.6 Å². The van der Waals surface area contributed by atoms with Crippen LogP contribution in [-0.4, -0.2) is 13.0 Å². The van der Waals surface area contributed by atoms with Gasteiger partial charge in [-0.1, -0.05) is 17.7 Å². The zero-order valence-corrected chi connectivity index (χ0v) is 7.24. The molecular weight excluding hydrogens is 152 g/mol. The maximum absolute atomic E-state index is 5.12. The predicted molar refractivity (Wildman–Crippen MR) is 48.9 cm³/mol. The third-order valence-corrected chi connectivity index (χ3v) is 1.61. The van der Waals surface area contributed by atoms with Crippen LogP contribution in [0.1, 0.15) is 11.1 Å². The summed E-state index contributed by atoms with van der Waals surface area (Å²) in [7, 11) is 1.55. The van der Waals surface area contributed by atoms with E-state index >= 15 is 0 Å². The number of hydrazone groups is 1. The number of nitrogens with zero attached hydrogens (tertiary/aromatic N) is 1. The maximum Gasteiger partial charge on any atom is 0.237 e. The Morgan fingerprint density at radius 1 is 1.33 bits per heavy atom. The van der Waals surface area contributed by atoms with Gasteiger partial charge in [-0.05, 0) is 19.1 Å². The van der Waals surface area contributed by atoms with Gasteiger partial charge in [0.25, 0.3) is 0 Å². The lowest BCUT2D eigenvalue weighted by atomic mass is 10.1. The van der Waals surface area contributed by atoms with Crippen LogP contribution in [-0.2, 0) is 4.74 Å². The van der Waals surface area contributed by atoms with Crippen LogP contribution in [0.15, 0.2) is 29.4 Å². The molecule has 0 aliphatic heterocycles. The average Bonchev–Trinajstić information content (AvgIpc) is 2.10. The Bertz CT molecular complexity index is 277. The Kier molecular flexibility index (Phi) is 2.69. The minimum absolute atomic E-state index is 0.454. The highest BCUT2D eigenvalue weighted by atomic mass is 16.5. The summed E-state index contributed by atoms with van der Waals surface area (Å²) in [6.45, 7) is 2.02. The fraction of sp³-hybridized carbons (Fsp3) is 0.222. The minimum atomic E-state index is 0.454. The highest BCUT2D eigenvalue weighted by Crippen LogP contribution is 2.04. The van der Waals surface area contributed by atoms with Crippen LogP contribution in [0, 0.1) is 6.92 Å². The monoisotopic (exact) mass is 164 g/mol. The van der Waals surface area contributed by atoms with Crippen LogP contribution in [0.4, 0.5) is 0 Å². The highest BCUT2D eigenvalue weighted by Gasteiger charge is 2.00. The van der Waals surface area contributed by atoms with Crippen LogP contribution >= 0.6 is 0 Å². The molecule has 1 rings (SSSR count). The predicted octanol–water partition coefficient (Wildman–Crippen LogP) is 1.26. The summed E-state index contributed by atoms with van der Waals surface area (Å²) in [6.07, 6.45) is 0. The summed E-state index contributed by atoms with van der Waals surface area (Å²) in [5, 5.41) is 3.50. The number of rotatable bonds is 1. The molecule has 0 atom stereocenters. The lowest BCUT2D eigenvalue weighted by Crippen LogP contribution is -2.06. The molecule has 0 aromatic heterocycles. The van der Waals surface area contributed by atoms with Gasteiger partial charge in [-0.3, -0.25) is 0 Å². The van der Waals surface area contributed by atoms with Crippen molar-refractivity contribution in [3.05, 3.63) is 35.4 Å². The van der Waals surface area contributed by atoms with Crippen LogP contribution < -0.4 is 5.84 Å². The number of aryl methyl sites for hydroxylation is 1. The number of hydrogen-bond acceptors (Lipinski definition) is 3. The molecule has 0 spiro atoms. The molecule has 0 saturated carbocycles. The van der Waals surface area contributed by atoms with Gasteiger partial charge in [0.2, 0.25) is 5.90 Å². The van der Waals surface area contributed by atoms with E-state index in [1.165, 1.54) is 5.56 Å². The summed E-state index contributed by atoms with van der Waals surface area (Å²) < 4.78 is 4.95. The van der Waals surface area contributed by atoms with Gasteiger partial charge in [0.15, 0.2) is 0 Å². The molecule has 0 bridgehead atoms. The highest BCUT2D eigenvalue weighted by molar-refractivity contribution is 5.93. The van der Waals surface area contributed by atoms with Crippen molar-refractivity contribution in [3.8, 4) is 0 Å². The summed E-state index contributed by atoms with van der Waals surface area (Å²) >= 11 is 0. The van der Waals surface area contributed by atoms with Gasteiger partial charge in [-0.2, -0.15) is 0 Å². The molecule has 0 radical (unpaired) electrons. The molecule has 0 saturated heterocycles. The lowest BCUT2D eigenvalue weighted by Gasteiger charge is -2.02. The van der Waals surface area contributed by atoms with Gasteiger partial charge in [-0.25, -0.2) is 0 Å². The van der Waals surface area contributed by atoms with Crippen molar-refractivity contribution in [2.24, 2.45) is 10.9 Å². The van der Waals surface area contributed by atoms with E-state index in [1.807, 2.05) is 31.2 Å². The third-order valence-electron chi connectivity index (χ3n) is 1.61. The molecule has 64 valence electrons. The molecule has 0 fully saturated rings. The normalized spacial score (nSPS) is 11.3. The lowest BCUT2D eigenvalue weighted by molar-refractivity contribution is 0.403. The Labute approximate surface area is 71.8 Å². The number of hydrogen-bond donors (Lipinski definition) is 1. The number of methoxy groups -OCH3 is 1. The van der Waals surface area contributed by atoms with E-state index in [0.29, 0.717) is 5.90 Å². The second-order valence-electron chi connectivity index (χ2n) is 2.50. The van der Waals surface area contributed by atoms with Crippen molar-refractivity contribution in [1.29, 1.82) is 0 Å². The van der Waals surface area contributed by atoms with Gasteiger partial charge >= 0.3 is 0 Å². The molecular formula is C9H12N2O. The molecule has 0 aliphatic rings. The fourth-order valence-corrected chi connectivity index (χ4v) is 0.941. The first-order chi connectivity index (χ1) is 5.77. The Hall–Kier alpha value is -1.51. The first-order valence-corrected chi connectivity index (χ1v) is 3.67. The SMILES string of the molecule is COC(=NN)c1ccc(C)cc1. The molecule has 1 aromatic carbocycles. The third kappa shape index (κ3) is 1.75. The Balaban J connectivity index is 2.96. The van der Waals surface area contributed by atoms with E-state index in [4.69, 9.17) is 10.6 Å². The van der Waals surface area contributed by atoms with Crippen LogP contribution in [0.25, 0.3) is 0 Å². The minimum Gasteiger partial charge on any atom is -0.480 e. The largest absolute Gasteiger partial charge is 0.480 e. The van der Waals surface area contributed by atoms with Crippen molar-refractivity contribution >= 4 is 5.90 Å². The van der Waals surface area contributed by atoms with Crippen molar-refractivity contribution < 1.29 is 4.74 Å². The zero-order valence-electron chi connectivity index (χ0n) is 7.24. The van der Waals surface area contributed by atoms with Crippen molar-refractivity contribution in [1.82, 2.24) is 0 Å². The van der Waals surface area contributed by atoms with E-state index in [1.54, 1.807) is 7.11 Å². The average molecular weight is 164 g/mol. The Morgan fingerprint density at radius 3 is 2.33 bits per heavy atom. The molecule has 0 aliphatic carbocycles. The summed E-state index contributed by atoms with van der Waals surface area (Å²) in [6, 6.07) is 7.81. The van der Waals surface area contributed by atoms with Gasteiger partial charge in [-0.15, -0.1) is 5.10 Å². The van der Waals surface area contributed by atoms with E-state index in [-0.39, 0.29) is 0 Å². The van der Waals surface area contributed by atoms with Crippen LogP contribution in [0.2, 0.25) is 0 Å². The fourth-order valence-electron chi connectivity index (χ4n) is 0.941. The quantitative estimate of drug-likeness (QED) is 0.294. The molecule has 0 amide bonds. The Morgan fingerprint density at radius 2 is 1.92 bits per heavy atom. The van der Waals surface area contributed by atoms with Crippen molar-refractivity contribution in [2.75, 3.05) is 7.11 Å². The van der Waals surface area contributed by atoms with Crippen molar-refractivity contribution in [3.63, 3.8) is 0 Å². The number of ether oxygens (including phenoxy) is 1. The number of nitrogens with two attached hydrogens (primary N) is 1. The van der Waals surface area contributed by atoms with E-state index in [2.05, 4.69) is 5.10 Å². The summed E-state index contributed by atoms with van der Waals surface area (Å²) in [5.41, 5.74) is 2.09. The van der Waals surface area contributed by atoms with E-state index < -0.39 is 0 Å². The van der Waals surface area contributed by atoms with Gasteiger partial charge in [0.1, 0.15) is 0 Å². The first kappa shape index (κ1) is 8.59. The van der Waals surface area contributed by atoms with Crippen LogP contribution in [0.3, 0.4) is 0 Å². The van der Waals surface area contributed by atoms with Crippen molar-refractivity contribution in [2.45, 2.75) is 6.92 Å². The molecule has 1 aromatic rings. The maximum atomic E-state index is 5.12. The smallest absolute Gasteiger partial charge is 0.237 e. The topological polar surface area (TPSA) is 47.6 Å². The van der Waals surface area contributed by atoms with Crippen LogP contribution in [0.5, 0.6) is 0 Å². The van der Waals surface area contributed by atoms with E-state index in [9.17, 15) is 0 Å². The zero-order chi connectivity index (χ0) is 8.97. The molecule has 3 nitrogen and oxygen atoms in total. The molecule has 2 N–H and O–H groups in total. The summed E-state index contributed by atoms with van der Waals surface area (Å²) in [4.78, 5) is 0. The van der Waals surface area contributed by atoms with Gasteiger partial charge in [0.05, 0.1) is 7.11 Å². The summed E-state index contributed by atoms with van der Waals surface area (Å²) in [5.74, 6) is 5.57. The second-order valence-corrected chi connectivity index (χ2v) is 2.50. The first-order valence-electron chi connectivity index (χ1n) is 3.67. The van der Waals surface area contributed by atoms with Gasteiger partial charge in [0, 0.05) is 5.56 Å². The molecule has 0 unspecified atom stereocenters. The molecule has 0 heterocycles.